The van der Waals surface area contributed by atoms with Gasteiger partial charge in [0.05, 0.1) is 28.8 Å². The van der Waals surface area contributed by atoms with Crippen LogP contribution in [0.25, 0.3) is 11.1 Å². The molecule has 4 nitrogen and oxygen atoms in total. The predicted molar refractivity (Wildman–Crippen MR) is 111 cm³/mol. The Balaban J connectivity index is 2.00. The van der Waals surface area contributed by atoms with Crippen LogP contribution in [-0.2, 0) is 6.18 Å². The summed E-state index contributed by atoms with van der Waals surface area (Å²) in [6, 6.07) is 14.3. The van der Waals surface area contributed by atoms with E-state index >= 15 is 0 Å². The molecule has 0 aliphatic heterocycles. The highest BCUT2D eigenvalue weighted by Gasteiger charge is 2.31. The Morgan fingerprint density at radius 2 is 1.77 bits per heavy atom. The summed E-state index contributed by atoms with van der Waals surface area (Å²) in [6.07, 6.45) is -4.51. The minimum Gasteiger partial charge on any atom is -0.496 e. The molecular weight excluding hydrogens is 439 g/mol. The third-order valence-electron chi connectivity index (χ3n) is 4.18. The molecule has 156 valence electrons. The number of carboxylic acid groups (broad SMARTS) is 1. The van der Waals surface area contributed by atoms with Gasteiger partial charge in [-0.1, -0.05) is 29.8 Å². The van der Waals surface area contributed by atoms with E-state index in [9.17, 15) is 23.1 Å². The number of nitrogens with one attached hydrogen (secondary N) is 1. The first-order valence-electron chi connectivity index (χ1n) is 8.50. The highest BCUT2D eigenvalue weighted by atomic mass is 35.5. The second-order valence-corrected chi connectivity index (χ2v) is 7.42. The normalized spacial score (nSPS) is 11.2. The highest BCUT2D eigenvalue weighted by Crippen LogP contribution is 2.39. The SMILES string of the molecule is COc1ccc(C(=O)O)cc1SNc1cc(C(F)(F)F)ccc1-c1ccc(Cl)cc1. The lowest BCUT2D eigenvalue weighted by Gasteiger charge is -2.16. The van der Waals surface area contributed by atoms with Gasteiger partial charge in [-0.05, 0) is 60.0 Å². The van der Waals surface area contributed by atoms with Gasteiger partial charge in [0, 0.05) is 10.6 Å². The number of anilines is 1. The fourth-order valence-corrected chi connectivity index (χ4v) is 3.64. The van der Waals surface area contributed by atoms with Gasteiger partial charge in [0.15, 0.2) is 0 Å². The standard InChI is InChI=1S/C21H15ClF3NO3S/c1-29-18-9-4-13(20(27)28)10-19(18)30-26-17-11-14(21(23,24)25)5-8-16(17)12-2-6-15(22)7-3-12/h2-11,26H,1H3,(H,27,28). The van der Waals surface area contributed by atoms with E-state index in [2.05, 4.69) is 4.72 Å². The van der Waals surface area contributed by atoms with Gasteiger partial charge in [0.25, 0.3) is 0 Å². The number of alkyl halides is 3. The minimum atomic E-state index is -4.51. The van der Waals surface area contributed by atoms with Crippen molar-refractivity contribution >= 4 is 35.2 Å². The molecule has 0 aliphatic rings. The summed E-state index contributed by atoms with van der Waals surface area (Å²) in [4.78, 5) is 11.7. The Morgan fingerprint density at radius 3 is 2.37 bits per heavy atom. The molecule has 9 heteroatoms. The molecule has 3 rings (SSSR count). The number of benzene rings is 3. The molecule has 0 atom stereocenters. The van der Waals surface area contributed by atoms with Crippen LogP contribution in [0, 0.1) is 0 Å². The van der Waals surface area contributed by atoms with Crippen LogP contribution in [0.5, 0.6) is 5.75 Å². The fraction of sp³-hybridized carbons (Fsp3) is 0.0952. The number of rotatable bonds is 6. The highest BCUT2D eigenvalue weighted by molar-refractivity contribution is 8.00. The zero-order valence-electron chi connectivity index (χ0n) is 15.5. The number of aromatic carboxylic acids is 1. The first-order chi connectivity index (χ1) is 14.2. The first-order valence-corrected chi connectivity index (χ1v) is 9.70. The van der Waals surface area contributed by atoms with Gasteiger partial charge in [-0.15, -0.1) is 0 Å². The Bertz CT molecular complexity index is 1070. The van der Waals surface area contributed by atoms with Crippen LogP contribution in [0.2, 0.25) is 5.02 Å². The lowest BCUT2D eigenvalue weighted by molar-refractivity contribution is -0.137. The summed E-state index contributed by atoms with van der Waals surface area (Å²) < 4.78 is 47.9. The van der Waals surface area contributed by atoms with Crippen LogP contribution in [0.3, 0.4) is 0 Å². The fourth-order valence-electron chi connectivity index (χ4n) is 2.69. The summed E-state index contributed by atoms with van der Waals surface area (Å²) in [5, 5.41) is 9.70. The zero-order valence-corrected chi connectivity index (χ0v) is 17.0. The molecule has 0 amide bonds. The summed E-state index contributed by atoms with van der Waals surface area (Å²) in [5.41, 5.74) is 0.625. The molecule has 3 aromatic carbocycles. The number of hydrogen-bond acceptors (Lipinski definition) is 4. The van der Waals surface area contributed by atoms with E-state index in [1.807, 2.05) is 0 Å². The number of carbonyl (C=O) groups is 1. The molecule has 0 saturated carbocycles. The molecule has 0 aliphatic carbocycles. The predicted octanol–water partition coefficient (Wildman–Crippen LogP) is 6.85. The maximum Gasteiger partial charge on any atom is 0.416 e. The molecule has 0 radical (unpaired) electrons. The number of carboxylic acids is 1. The average molecular weight is 454 g/mol. The lowest BCUT2D eigenvalue weighted by Crippen LogP contribution is -2.06. The van der Waals surface area contributed by atoms with Crippen molar-refractivity contribution in [1.29, 1.82) is 0 Å². The topological polar surface area (TPSA) is 58.6 Å². The van der Waals surface area contributed by atoms with Crippen molar-refractivity contribution in [3.05, 3.63) is 76.8 Å². The van der Waals surface area contributed by atoms with E-state index < -0.39 is 17.7 Å². The van der Waals surface area contributed by atoms with E-state index in [1.165, 1.54) is 31.4 Å². The van der Waals surface area contributed by atoms with Gasteiger partial charge in [0.1, 0.15) is 5.75 Å². The molecule has 0 bridgehead atoms. The van der Waals surface area contributed by atoms with E-state index in [0.717, 1.165) is 24.1 Å². The molecule has 30 heavy (non-hydrogen) atoms. The first kappa shape index (κ1) is 21.9. The second kappa shape index (κ2) is 8.89. The minimum absolute atomic E-state index is 0.0297. The smallest absolute Gasteiger partial charge is 0.416 e. The van der Waals surface area contributed by atoms with E-state index in [-0.39, 0.29) is 11.3 Å². The van der Waals surface area contributed by atoms with Crippen molar-refractivity contribution in [2.75, 3.05) is 11.8 Å². The van der Waals surface area contributed by atoms with Gasteiger partial charge < -0.3 is 14.6 Å². The Morgan fingerprint density at radius 1 is 1.07 bits per heavy atom. The second-order valence-electron chi connectivity index (χ2n) is 6.14. The monoisotopic (exact) mass is 453 g/mol. The van der Waals surface area contributed by atoms with Gasteiger partial charge in [0.2, 0.25) is 0 Å². The largest absolute Gasteiger partial charge is 0.496 e. The molecule has 0 fully saturated rings. The summed E-state index contributed by atoms with van der Waals surface area (Å²) in [7, 11) is 1.42. The third-order valence-corrected chi connectivity index (χ3v) is 5.30. The molecular formula is C21H15ClF3NO3S. The summed E-state index contributed by atoms with van der Waals surface area (Å²) in [6.45, 7) is 0. The van der Waals surface area contributed by atoms with Crippen LogP contribution in [0.15, 0.2) is 65.6 Å². The number of halogens is 4. The zero-order chi connectivity index (χ0) is 21.9. The van der Waals surface area contributed by atoms with E-state index in [1.54, 1.807) is 24.3 Å². The Hall–Kier alpha value is -2.84. The van der Waals surface area contributed by atoms with Crippen LogP contribution in [0.4, 0.5) is 18.9 Å². The average Bonchev–Trinajstić information content (AvgIpc) is 2.71. The van der Waals surface area contributed by atoms with Crippen LogP contribution in [0.1, 0.15) is 15.9 Å². The van der Waals surface area contributed by atoms with E-state index in [4.69, 9.17) is 16.3 Å². The van der Waals surface area contributed by atoms with Crippen molar-refractivity contribution in [3.8, 4) is 16.9 Å². The van der Waals surface area contributed by atoms with E-state index in [0.29, 0.717) is 26.8 Å². The van der Waals surface area contributed by atoms with Crippen LogP contribution in [-0.4, -0.2) is 18.2 Å². The molecule has 3 aromatic rings. The number of methoxy groups -OCH3 is 1. The molecule has 0 heterocycles. The maximum absolute atomic E-state index is 13.2. The van der Waals surface area contributed by atoms with Gasteiger partial charge in [-0.25, -0.2) is 4.79 Å². The van der Waals surface area contributed by atoms with Gasteiger partial charge >= 0.3 is 12.1 Å². The van der Waals surface area contributed by atoms with Gasteiger partial charge in [-0.3, -0.25) is 0 Å². The van der Waals surface area contributed by atoms with Crippen molar-refractivity contribution in [2.24, 2.45) is 0 Å². The molecule has 0 unspecified atom stereocenters. The number of hydrogen-bond donors (Lipinski definition) is 2. The Labute approximate surface area is 179 Å². The quantitative estimate of drug-likeness (QED) is 0.399. The third kappa shape index (κ3) is 5.01. The lowest BCUT2D eigenvalue weighted by atomic mass is 10.0. The van der Waals surface area contributed by atoms with Crippen molar-refractivity contribution in [2.45, 2.75) is 11.1 Å². The van der Waals surface area contributed by atoms with Crippen LogP contribution >= 0.6 is 23.5 Å². The maximum atomic E-state index is 13.2. The Kier molecular flexibility index (Phi) is 6.48. The van der Waals surface area contributed by atoms with Gasteiger partial charge in [-0.2, -0.15) is 13.2 Å². The van der Waals surface area contributed by atoms with Crippen molar-refractivity contribution in [3.63, 3.8) is 0 Å². The summed E-state index contributed by atoms with van der Waals surface area (Å²) >= 11 is 6.86. The van der Waals surface area contributed by atoms with Crippen molar-refractivity contribution in [1.82, 2.24) is 0 Å². The van der Waals surface area contributed by atoms with Crippen LogP contribution < -0.4 is 9.46 Å². The van der Waals surface area contributed by atoms with Crippen molar-refractivity contribution < 1.29 is 27.8 Å². The molecule has 2 N–H and O–H groups in total. The summed E-state index contributed by atoms with van der Waals surface area (Å²) in [5.74, 6) is -0.738. The molecule has 0 aromatic heterocycles. The molecule has 0 spiro atoms. The molecule has 0 saturated heterocycles. The number of ether oxygens (including phenoxy) is 1.